The number of amides is 1. The Kier molecular flexibility index (Phi) is 2.80. The Morgan fingerprint density at radius 1 is 1.46 bits per heavy atom. The van der Waals surface area contributed by atoms with Crippen LogP contribution in [0, 0.1) is 5.92 Å². The van der Waals surface area contributed by atoms with E-state index in [1.165, 1.54) is 0 Å². The molecule has 0 spiro atoms. The quantitative estimate of drug-likeness (QED) is 0.579. The van der Waals surface area contributed by atoms with E-state index in [-0.39, 0.29) is 5.91 Å². The molecule has 0 saturated carbocycles. The lowest BCUT2D eigenvalue weighted by molar-refractivity contribution is -0.121. The Balaban J connectivity index is 1.78. The van der Waals surface area contributed by atoms with Crippen molar-refractivity contribution in [3.05, 3.63) is 0 Å². The van der Waals surface area contributed by atoms with Crippen LogP contribution in [-0.2, 0) is 4.79 Å². The molecular formula is C9H17N3O. The summed E-state index contributed by atoms with van der Waals surface area (Å²) in [7, 11) is 0. The summed E-state index contributed by atoms with van der Waals surface area (Å²) in [6.07, 6.45) is 1.09. The third kappa shape index (κ3) is 2.42. The SMILES string of the molecule is O=C1CN(CC2CNC2)CCCN1. The Morgan fingerprint density at radius 3 is 3.00 bits per heavy atom. The molecule has 0 atom stereocenters. The Hall–Kier alpha value is -0.610. The smallest absolute Gasteiger partial charge is 0.234 e. The van der Waals surface area contributed by atoms with E-state index in [4.69, 9.17) is 0 Å². The van der Waals surface area contributed by atoms with Crippen molar-refractivity contribution in [2.24, 2.45) is 5.92 Å². The van der Waals surface area contributed by atoms with Crippen LogP contribution in [0.2, 0.25) is 0 Å². The number of carbonyl (C=O) groups is 1. The first kappa shape index (κ1) is 8.97. The highest BCUT2D eigenvalue weighted by Crippen LogP contribution is 2.07. The van der Waals surface area contributed by atoms with Crippen LogP contribution in [-0.4, -0.2) is 50.1 Å². The largest absolute Gasteiger partial charge is 0.355 e. The van der Waals surface area contributed by atoms with Gasteiger partial charge in [-0.05, 0) is 12.3 Å². The highest BCUT2D eigenvalue weighted by Gasteiger charge is 2.22. The van der Waals surface area contributed by atoms with Crippen molar-refractivity contribution in [1.82, 2.24) is 15.5 Å². The van der Waals surface area contributed by atoms with E-state index in [2.05, 4.69) is 15.5 Å². The topological polar surface area (TPSA) is 44.4 Å². The molecule has 0 unspecified atom stereocenters. The molecule has 74 valence electrons. The van der Waals surface area contributed by atoms with Gasteiger partial charge in [0.15, 0.2) is 0 Å². The molecule has 0 aliphatic carbocycles. The van der Waals surface area contributed by atoms with Gasteiger partial charge in [0, 0.05) is 32.7 Å². The zero-order chi connectivity index (χ0) is 9.10. The molecule has 2 saturated heterocycles. The minimum absolute atomic E-state index is 0.185. The summed E-state index contributed by atoms with van der Waals surface area (Å²) in [6.45, 7) is 5.83. The van der Waals surface area contributed by atoms with Crippen LogP contribution in [0.5, 0.6) is 0 Å². The Morgan fingerprint density at radius 2 is 2.31 bits per heavy atom. The van der Waals surface area contributed by atoms with Crippen molar-refractivity contribution in [1.29, 1.82) is 0 Å². The molecule has 2 fully saturated rings. The summed E-state index contributed by atoms with van der Waals surface area (Å²) >= 11 is 0. The van der Waals surface area contributed by atoms with E-state index < -0.39 is 0 Å². The van der Waals surface area contributed by atoms with Gasteiger partial charge in [0.2, 0.25) is 5.91 Å². The van der Waals surface area contributed by atoms with E-state index >= 15 is 0 Å². The molecule has 2 aliphatic heterocycles. The molecule has 4 nitrogen and oxygen atoms in total. The van der Waals surface area contributed by atoms with Crippen LogP contribution in [0.25, 0.3) is 0 Å². The van der Waals surface area contributed by atoms with Crippen LogP contribution in [0.3, 0.4) is 0 Å². The van der Waals surface area contributed by atoms with Crippen molar-refractivity contribution in [3.8, 4) is 0 Å². The van der Waals surface area contributed by atoms with E-state index in [1.807, 2.05) is 0 Å². The van der Waals surface area contributed by atoms with Gasteiger partial charge in [0.25, 0.3) is 0 Å². The van der Waals surface area contributed by atoms with Crippen molar-refractivity contribution in [2.75, 3.05) is 39.3 Å². The first-order valence-corrected chi connectivity index (χ1v) is 5.04. The molecule has 2 heterocycles. The van der Waals surface area contributed by atoms with Crippen LogP contribution in [0.15, 0.2) is 0 Å². The van der Waals surface area contributed by atoms with E-state index in [1.54, 1.807) is 0 Å². The maximum absolute atomic E-state index is 11.2. The first-order chi connectivity index (χ1) is 6.34. The number of nitrogens with zero attached hydrogens (tertiary/aromatic N) is 1. The maximum Gasteiger partial charge on any atom is 0.234 e. The summed E-state index contributed by atoms with van der Waals surface area (Å²) in [5.74, 6) is 0.954. The molecule has 0 bridgehead atoms. The molecule has 2 aliphatic rings. The van der Waals surface area contributed by atoms with Crippen molar-refractivity contribution in [2.45, 2.75) is 6.42 Å². The number of hydrogen-bond acceptors (Lipinski definition) is 3. The zero-order valence-electron chi connectivity index (χ0n) is 7.88. The summed E-state index contributed by atoms with van der Waals surface area (Å²) in [5.41, 5.74) is 0. The van der Waals surface area contributed by atoms with E-state index in [0.717, 1.165) is 45.1 Å². The average molecular weight is 183 g/mol. The number of nitrogens with one attached hydrogen (secondary N) is 2. The maximum atomic E-state index is 11.2. The van der Waals surface area contributed by atoms with Crippen LogP contribution >= 0.6 is 0 Å². The zero-order valence-corrected chi connectivity index (χ0v) is 7.88. The van der Waals surface area contributed by atoms with Gasteiger partial charge in [-0.25, -0.2) is 0 Å². The minimum Gasteiger partial charge on any atom is -0.355 e. The average Bonchev–Trinajstić information content (AvgIpc) is 2.22. The molecule has 0 radical (unpaired) electrons. The second kappa shape index (κ2) is 4.07. The molecule has 0 aromatic heterocycles. The second-order valence-corrected chi connectivity index (χ2v) is 3.96. The molecule has 1 amide bonds. The number of hydrogen-bond donors (Lipinski definition) is 2. The fraction of sp³-hybridized carbons (Fsp3) is 0.889. The van der Waals surface area contributed by atoms with Crippen molar-refractivity contribution >= 4 is 5.91 Å². The van der Waals surface area contributed by atoms with Crippen molar-refractivity contribution in [3.63, 3.8) is 0 Å². The second-order valence-electron chi connectivity index (χ2n) is 3.96. The third-order valence-corrected chi connectivity index (χ3v) is 2.72. The van der Waals surface area contributed by atoms with E-state index in [0.29, 0.717) is 6.54 Å². The van der Waals surface area contributed by atoms with Gasteiger partial charge in [-0.2, -0.15) is 0 Å². The Labute approximate surface area is 78.7 Å². The fourth-order valence-electron chi connectivity index (χ4n) is 1.87. The minimum atomic E-state index is 0.185. The molecule has 0 aromatic rings. The monoisotopic (exact) mass is 183 g/mol. The molecule has 4 heteroatoms. The predicted molar refractivity (Wildman–Crippen MR) is 50.4 cm³/mol. The summed E-state index contributed by atoms with van der Waals surface area (Å²) in [6, 6.07) is 0. The summed E-state index contributed by atoms with van der Waals surface area (Å²) in [5, 5.41) is 6.14. The van der Waals surface area contributed by atoms with Gasteiger partial charge in [-0.3, -0.25) is 9.69 Å². The lowest BCUT2D eigenvalue weighted by Crippen LogP contribution is -2.49. The summed E-state index contributed by atoms with van der Waals surface area (Å²) < 4.78 is 0. The third-order valence-electron chi connectivity index (χ3n) is 2.72. The normalized spacial score (nSPS) is 26.3. The highest BCUT2D eigenvalue weighted by molar-refractivity contribution is 5.78. The molecule has 13 heavy (non-hydrogen) atoms. The lowest BCUT2D eigenvalue weighted by Gasteiger charge is -2.32. The van der Waals surface area contributed by atoms with Gasteiger partial charge in [-0.15, -0.1) is 0 Å². The molecular weight excluding hydrogens is 166 g/mol. The predicted octanol–water partition coefficient (Wildman–Crippen LogP) is -0.972. The van der Waals surface area contributed by atoms with Crippen LogP contribution in [0.4, 0.5) is 0 Å². The molecule has 2 rings (SSSR count). The van der Waals surface area contributed by atoms with Gasteiger partial charge >= 0.3 is 0 Å². The number of carbonyl (C=O) groups excluding carboxylic acids is 1. The molecule has 2 N–H and O–H groups in total. The van der Waals surface area contributed by atoms with Gasteiger partial charge in [0.1, 0.15) is 0 Å². The fourth-order valence-corrected chi connectivity index (χ4v) is 1.87. The van der Waals surface area contributed by atoms with Gasteiger partial charge in [-0.1, -0.05) is 0 Å². The summed E-state index contributed by atoms with van der Waals surface area (Å²) in [4.78, 5) is 13.5. The standard InChI is InChI=1S/C9H17N3O/c13-9-7-12(3-1-2-11-9)6-8-4-10-5-8/h8,10H,1-7H2,(H,11,13). The first-order valence-electron chi connectivity index (χ1n) is 5.04. The highest BCUT2D eigenvalue weighted by atomic mass is 16.2. The van der Waals surface area contributed by atoms with E-state index in [9.17, 15) is 4.79 Å². The van der Waals surface area contributed by atoms with Crippen LogP contribution in [0.1, 0.15) is 6.42 Å². The van der Waals surface area contributed by atoms with Gasteiger partial charge < -0.3 is 10.6 Å². The van der Waals surface area contributed by atoms with Gasteiger partial charge in [0.05, 0.1) is 6.54 Å². The lowest BCUT2D eigenvalue weighted by atomic mass is 10.0. The Bertz CT molecular complexity index is 191. The van der Waals surface area contributed by atoms with Crippen molar-refractivity contribution < 1.29 is 4.79 Å². The molecule has 0 aromatic carbocycles. The number of rotatable bonds is 2. The van der Waals surface area contributed by atoms with Crippen LogP contribution < -0.4 is 10.6 Å².